The first-order chi connectivity index (χ1) is 11.8. The van der Waals surface area contributed by atoms with Crippen molar-refractivity contribution in [3.05, 3.63) is 29.8 Å². The number of rotatable bonds is 4. The van der Waals surface area contributed by atoms with E-state index in [0.29, 0.717) is 5.95 Å². The van der Waals surface area contributed by atoms with Crippen LogP contribution in [-0.4, -0.2) is 41.1 Å². The molecule has 2 fully saturated rings. The second-order valence-electron chi connectivity index (χ2n) is 6.64. The van der Waals surface area contributed by atoms with Crippen molar-refractivity contribution in [2.75, 3.05) is 41.3 Å². The summed E-state index contributed by atoms with van der Waals surface area (Å²) in [4.78, 5) is 18.6. The summed E-state index contributed by atoms with van der Waals surface area (Å²) in [6.07, 6.45) is 4.85. The van der Waals surface area contributed by atoms with Crippen LogP contribution in [0.2, 0.25) is 0 Å². The minimum absolute atomic E-state index is 0.637. The van der Waals surface area contributed by atoms with E-state index in [1.54, 1.807) is 0 Å². The van der Waals surface area contributed by atoms with Crippen LogP contribution in [0.5, 0.6) is 0 Å². The standard InChI is InChI=1S/C18H24N6/c1-14-6-8-15(9-7-14)19-16-20-17(23-10-2-3-11-23)22-18(21-16)24-12-4-5-13-24/h6-9H,2-5,10-13H2,1H3,(H,19,20,21,22). The molecule has 0 bridgehead atoms. The van der Waals surface area contributed by atoms with E-state index in [9.17, 15) is 0 Å². The van der Waals surface area contributed by atoms with Gasteiger partial charge < -0.3 is 15.1 Å². The number of nitrogens with zero attached hydrogens (tertiary/aromatic N) is 5. The Morgan fingerprint density at radius 1 is 0.750 bits per heavy atom. The summed E-state index contributed by atoms with van der Waals surface area (Å²) in [5.41, 5.74) is 2.25. The SMILES string of the molecule is Cc1ccc(Nc2nc(N3CCCC3)nc(N3CCCC3)n2)cc1. The first-order valence-corrected chi connectivity index (χ1v) is 8.88. The first-order valence-electron chi connectivity index (χ1n) is 8.88. The number of hydrogen-bond donors (Lipinski definition) is 1. The molecule has 2 aliphatic rings. The van der Waals surface area contributed by atoms with Crippen LogP contribution in [0.4, 0.5) is 23.5 Å². The third-order valence-corrected chi connectivity index (χ3v) is 4.70. The third kappa shape index (κ3) is 3.27. The summed E-state index contributed by atoms with van der Waals surface area (Å²) >= 11 is 0. The summed E-state index contributed by atoms with van der Waals surface area (Å²) in [5, 5.41) is 3.34. The average Bonchev–Trinajstić information content (AvgIpc) is 3.30. The molecule has 1 aromatic heterocycles. The normalized spacial score (nSPS) is 17.5. The fourth-order valence-corrected chi connectivity index (χ4v) is 3.29. The molecule has 2 aliphatic heterocycles. The van der Waals surface area contributed by atoms with Gasteiger partial charge >= 0.3 is 0 Å². The highest BCUT2D eigenvalue weighted by Gasteiger charge is 2.21. The van der Waals surface area contributed by atoms with Crippen molar-refractivity contribution >= 4 is 23.5 Å². The summed E-state index contributed by atoms with van der Waals surface area (Å²) in [6.45, 7) is 6.23. The Morgan fingerprint density at radius 2 is 1.25 bits per heavy atom. The van der Waals surface area contributed by atoms with E-state index in [-0.39, 0.29) is 0 Å². The van der Waals surface area contributed by atoms with E-state index in [2.05, 4.69) is 56.3 Å². The molecule has 0 spiro atoms. The molecule has 24 heavy (non-hydrogen) atoms. The molecule has 0 amide bonds. The second-order valence-corrected chi connectivity index (χ2v) is 6.64. The summed E-state index contributed by atoms with van der Waals surface area (Å²) in [6, 6.07) is 8.30. The molecule has 0 saturated carbocycles. The van der Waals surface area contributed by atoms with Gasteiger partial charge in [0, 0.05) is 31.9 Å². The Morgan fingerprint density at radius 3 is 1.75 bits per heavy atom. The van der Waals surface area contributed by atoms with Crippen LogP contribution < -0.4 is 15.1 Å². The molecule has 0 radical (unpaired) electrons. The van der Waals surface area contributed by atoms with Gasteiger partial charge in [-0.15, -0.1) is 0 Å². The number of aromatic nitrogens is 3. The van der Waals surface area contributed by atoms with Crippen LogP contribution in [0.3, 0.4) is 0 Å². The number of aryl methyl sites for hydroxylation is 1. The lowest BCUT2D eigenvalue weighted by Crippen LogP contribution is -2.25. The van der Waals surface area contributed by atoms with Gasteiger partial charge in [0.05, 0.1) is 0 Å². The molecule has 2 aromatic rings. The number of nitrogens with one attached hydrogen (secondary N) is 1. The highest BCUT2D eigenvalue weighted by atomic mass is 15.4. The molecule has 3 heterocycles. The van der Waals surface area contributed by atoms with E-state index < -0.39 is 0 Å². The fraction of sp³-hybridized carbons (Fsp3) is 0.500. The maximum Gasteiger partial charge on any atom is 0.233 e. The highest BCUT2D eigenvalue weighted by molar-refractivity contribution is 5.56. The molecular weight excluding hydrogens is 300 g/mol. The van der Waals surface area contributed by atoms with E-state index in [0.717, 1.165) is 43.8 Å². The lowest BCUT2D eigenvalue weighted by Gasteiger charge is -2.20. The minimum Gasteiger partial charge on any atom is -0.341 e. The zero-order valence-corrected chi connectivity index (χ0v) is 14.2. The summed E-state index contributed by atoms with van der Waals surface area (Å²) in [5.74, 6) is 2.25. The van der Waals surface area contributed by atoms with Gasteiger partial charge in [0.15, 0.2) is 0 Å². The van der Waals surface area contributed by atoms with Gasteiger partial charge in [-0.25, -0.2) is 0 Å². The molecule has 0 aliphatic carbocycles. The lowest BCUT2D eigenvalue weighted by atomic mass is 10.2. The van der Waals surface area contributed by atoms with Gasteiger partial charge in [0.2, 0.25) is 17.8 Å². The lowest BCUT2D eigenvalue weighted by molar-refractivity contribution is 0.841. The quantitative estimate of drug-likeness (QED) is 0.932. The Balaban J connectivity index is 1.64. The molecule has 1 aromatic carbocycles. The molecule has 0 unspecified atom stereocenters. The molecule has 6 nitrogen and oxygen atoms in total. The molecular formula is C18H24N6. The van der Waals surface area contributed by atoms with Gasteiger partial charge in [-0.05, 0) is 44.7 Å². The molecule has 0 atom stereocenters. The van der Waals surface area contributed by atoms with E-state index in [1.807, 2.05) is 0 Å². The Bertz CT molecular complexity index is 653. The maximum atomic E-state index is 4.74. The molecule has 6 heteroatoms. The van der Waals surface area contributed by atoms with Gasteiger partial charge in [0.25, 0.3) is 0 Å². The van der Waals surface area contributed by atoms with Crippen molar-refractivity contribution in [1.29, 1.82) is 0 Å². The van der Waals surface area contributed by atoms with Crippen molar-refractivity contribution in [3.8, 4) is 0 Å². The molecule has 126 valence electrons. The van der Waals surface area contributed by atoms with Crippen molar-refractivity contribution < 1.29 is 0 Å². The molecule has 1 N–H and O–H groups in total. The molecule has 2 saturated heterocycles. The number of hydrogen-bond acceptors (Lipinski definition) is 6. The monoisotopic (exact) mass is 324 g/mol. The first kappa shape index (κ1) is 15.2. The fourth-order valence-electron chi connectivity index (χ4n) is 3.29. The zero-order chi connectivity index (χ0) is 16.4. The Labute approximate surface area is 142 Å². The largest absolute Gasteiger partial charge is 0.341 e. The van der Waals surface area contributed by atoms with Gasteiger partial charge in [-0.3, -0.25) is 0 Å². The van der Waals surface area contributed by atoms with Crippen LogP contribution in [0, 0.1) is 6.92 Å². The molecule has 4 rings (SSSR count). The van der Waals surface area contributed by atoms with Gasteiger partial charge in [0.1, 0.15) is 0 Å². The van der Waals surface area contributed by atoms with Crippen LogP contribution in [0.1, 0.15) is 31.2 Å². The summed E-state index contributed by atoms with van der Waals surface area (Å²) in [7, 11) is 0. The van der Waals surface area contributed by atoms with E-state index in [1.165, 1.54) is 31.2 Å². The predicted molar refractivity (Wildman–Crippen MR) is 97.2 cm³/mol. The van der Waals surface area contributed by atoms with Crippen LogP contribution >= 0.6 is 0 Å². The maximum absolute atomic E-state index is 4.74. The minimum atomic E-state index is 0.637. The third-order valence-electron chi connectivity index (χ3n) is 4.70. The highest BCUT2D eigenvalue weighted by Crippen LogP contribution is 2.24. The van der Waals surface area contributed by atoms with Crippen molar-refractivity contribution in [3.63, 3.8) is 0 Å². The topological polar surface area (TPSA) is 57.2 Å². The van der Waals surface area contributed by atoms with Gasteiger partial charge in [-0.2, -0.15) is 15.0 Å². The van der Waals surface area contributed by atoms with Crippen LogP contribution in [0.25, 0.3) is 0 Å². The summed E-state index contributed by atoms with van der Waals surface area (Å²) < 4.78 is 0. The average molecular weight is 324 g/mol. The predicted octanol–water partition coefficient (Wildman–Crippen LogP) is 3.12. The number of anilines is 4. The Hall–Kier alpha value is -2.37. The second kappa shape index (κ2) is 6.63. The zero-order valence-electron chi connectivity index (χ0n) is 14.2. The van der Waals surface area contributed by atoms with Crippen LogP contribution in [-0.2, 0) is 0 Å². The van der Waals surface area contributed by atoms with Crippen LogP contribution in [0.15, 0.2) is 24.3 Å². The smallest absolute Gasteiger partial charge is 0.233 e. The van der Waals surface area contributed by atoms with Crippen molar-refractivity contribution in [2.24, 2.45) is 0 Å². The Kier molecular flexibility index (Phi) is 4.19. The van der Waals surface area contributed by atoms with E-state index in [4.69, 9.17) is 4.98 Å². The van der Waals surface area contributed by atoms with E-state index >= 15 is 0 Å². The van der Waals surface area contributed by atoms with Gasteiger partial charge in [-0.1, -0.05) is 17.7 Å². The van der Waals surface area contributed by atoms with Crippen molar-refractivity contribution in [2.45, 2.75) is 32.6 Å². The number of benzene rings is 1. The van der Waals surface area contributed by atoms with Crippen molar-refractivity contribution in [1.82, 2.24) is 15.0 Å².